The third-order valence-electron chi connectivity index (χ3n) is 1.68. The SMILES string of the molecule is C=C(Nc1sccc1C(=O)OC)C(F)(F)F. The summed E-state index contributed by atoms with van der Waals surface area (Å²) in [6, 6.07) is 1.38. The van der Waals surface area contributed by atoms with Gasteiger partial charge in [-0.1, -0.05) is 6.58 Å². The van der Waals surface area contributed by atoms with Crippen molar-refractivity contribution in [1.29, 1.82) is 0 Å². The summed E-state index contributed by atoms with van der Waals surface area (Å²) < 4.78 is 41.0. The zero-order chi connectivity index (χ0) is 12.3. The van der Waals surface area contributed by atoms with Gasteiger partial charge in [0.05, 0.1) is 12.7 Å². The van der Waals surface area contributed by atoms with Crippen LogP contribution in [-0.2, 0) is 4.74 Å². The normalized spacial score (nSPS) is 11.0. The van der Waals surface area contributed by atoms with Crippen molar-refractivity contribution in [2.75, 3.05) is 12.4 Å². The van der Waals surface area contributed by atoms with Crippen LogP contribution < -0.4 is 5.32 Å². The molecular weight excluding hydrogens is 243 g/mol. The van der Waals surface area contributed by atoms with E-state index in [-0.39, 0.29) is 10.6 Å². The Balaban J connectivity index is 2.87. The lowest BCUT2D eigenvalue weighted by atomic mass is 10.3. The van der Waals surface area contributed by atoms with E-state index in [1.807, 2.05) is 5.32 Å². The van der Waals surface area contributed by atoms with Crippen LogP contribution in [-0.4, -0.2) is 19.3 Å². The fourth-order valence-corrected chi connectivity index (χ4v) is 1.69. The first-order chi connectivity index (χ1) is 7.36. The van der Waals surface area contributed by atoms with Crippen molar-refractivity contribution in [2.24, 2.45) is 0 Å². The molecular formula is C9H8F3NO2S. The minimum atomic E-state index is -4.54. The Kier molecular flexibility index (Phi) is 3.58. The van der Waals surface area contributed by atoms with Crippen LogP contribution in [0.1, 0.15) is 10.4 Å². The molecule has 0 aliphatic heterocycles. The number of alkyl halides is 3. The molecule has 1 aromatic rings. The van der Waals surface area contributed by atoms with Gasteiger partial charge in [0.15, 0.2) is 0 Å². The van der Waals surface area contributed by atoms with Crippen LogP contribution in [0, 0.1) is 0 Å². The molecule has 0 saturated heterocycles. The van der Waals surface area contributed by atoms with E-state index in [9.17, 15) is 18.0 Å². The topological polar surface area (TPSA) is 38.3 Å². The number of nitrogens with one attached hydrogen (secondary N) is 1. The maximum absolute atomic E-state index is 12.2. The van der Waals surface area contributed by atoms with E-state index in [1.165, 1.54) is 11.4 Å². The second kappa shape index (κ2) is 4.56. The summed E-state index contributed by atoms with van der Waals surface area (Å²) in [5.74, 6) is -0.696. The van der Waals surface area contributed by atoms with E-state index in [2.05, 4.69) is 11.3 Å². The summed E-state index contributed by atoms with van der Waals surface area (Å²) in [5, 5.41) is 3.59. The molecule has 0 bridgehead atoms. The largest absolute Gasteiger partial charge is 0.465 e. The Morgan fingerprint density at radius 2 is 2.19 bits per heavy atom. The van der Waals surface area contributed by atoms with Crippen molar-refractivity contribution >= 4 is 22.3 Å². The molecule has 7 heteroatoms. The summed E-state index contributed by atoms with van der Waals surface area (Å²) in [6.07, 6.45) is -4.54. The van der Waals surface area contributed by atoms with Gasteiger partial charge in [-0.2, -0.15) is 13.2 Å². The summed E-state index contributed by atoms with van der Waals surface area (Å²) in [6.45, 7) is 2.85. The van der Waals surface area contributed by atoms with Gasteiger partial charge in [0, 0.05) is 0 Å². The van der Waals surface area contributed by atoms with Crippen LogP contribution in [0.5, 0.6) is 0 Å². The minimum absolute atomic E-state index is 0.0536. The van der Waals surface area contributed by atoms with Crippen molar-refractivity contribution < 1.29 is 22.7 Å². The van der Waals surface area contributed by atoms with Gasteiger partial charge in [0.25, 0.3) is 0 Å². The smallest absolute Gasteiger partial charge is 0.430 e. The van der Waals surface area contributed by atoms with Crippen molar-refractivity contribution in [1.82, 2.24) is 0 Å². The Morgan fingerprint density at radius 1 is 1.56 bits per heavy atom. The number of methoxy groups -OCH3 is 1. The zero-order valence-electron chi connectivity index (χ0n) is 8.22. The van der Waals surface area contributed by atoms with Gasteiger partial charge >= 0.3 is 12.1 Å². The summed E-state index contributed by atoms with van der Waals surface area (Å²) in [5.41, 5.74) is -1.07. The fraction of sp³-hybridized carbons (Fsp3) is 0.222. The Labute approximate surface area is 93.5 Å². The average molecular weight is 251 g/mol. The minimum Gasteiger partial charge on any atom is -0.465 e. The standard InChI is InChI=1S/C9H8F3NO2S/c1-5(9(10,11)12)13-7-6(3-4-16-7)8(14)15-2/h3-4,13H,1H2,2H3. The molecule has 0 unspecified atom stereocenters. The Hall–Kier alpha value is -1.50. The van der Waals surface area contributed by atoms with Gasteiger partial charge in [-0.25, -0.2) is 4.79 Å². The summed E-state index contributed by atoms with van der Waals surface area (Å²) in [4.78, 5) is 11.2. The van der Waals surface area contributed by atoms with Gasteiger partial charge < -0.3 is 10.1 Å². The number of ether oxygens (including phenoxy) is 1. The second-order valence-electron chi connectivity index (χ2n) is 2.76. The number of carbonyl (C=O) groups is 1. The average Bonchev–Trinajstić information content (AvgIpc) is 2.63. The number of hydrogen-bond donors (Lipinski definition) is 1. The van der Waals surface area contributed by atoms with Crippen molar-refractivity contribution in [2.45, 2.75) is 6.18 Å². The van der Waals surface area contributed by atoms with Crippen molar-refractivity contribution in [3.63, 3.8) is 0 Å². The molecule has 16 heavy (non-hydrogen) atoms. The maximum Gasteiger partial charge on any atom is 0.430 e. The van der Waals surface area contributed by atoms with E-state index in [1.54, 1.807) is 0 Å². The molecule has 1 aromatic heterocycles. The maximum atomic E-state index is 12.2. The predicted octanol–water partition coefficient (Wildman–Crippen LogP) is 3.02. The third-order valence-corrected chi connectivity index (χ3v) is 2.51. The van der Waals surface area contributed by atoms with Crippen LogP contribution in [0.3, 0.4) is 0 Å². The molecule has 0 aliphatic rings. The highest BCUT2D eigenvalue weighted by molar-refractivity contribution is 7.14. The zero-order valence-corrected chi connectivity index (χ0v) is 9.04. The second-order valence-corrected chi connectivity index (χ2v) is 3.67. The Morgan fingerprint density at radius 3 is 2.69 bits per heavy atom. The molecule has 0 saturated carbocycles. The van der Waals surface area contributed by atoms with Gasteiger partial charge in [-0.15, -0.1) is 11.3 Å². The highest BCUT2D eigenvalue weighted by atomic mass is 32.1. The van der Waals surface area contributed by atoms with Crippen LogP contribution in [0.2, 0.25) is 0 Å². The van der Waals surface area contributed by atoms with Gasteiger partial charge in [0.2, 0.25) is 0 Å². The van der Waals surface area contributed by atoms with Crippen molar-refractivity contribution in [3.05, 3.63) is 29.3 Å². The number of halogens is 3. The van der Waals surface area contributed by atoms with E-state index in [4.69, 9.17) is 0 Å². The highest BCUT2D eigenvalue weighted by Crippen LogP contribution is 2.30. The Bertz CT molecular complexity index is 411. The molecule has 1 heterocycles. The number of thiophene rings is 1. The first kappa shape index (κ1) is 12.6. The molecule has 0 aliphatic carbocycles. The molecule has 0 amide bonds. The first-order valence-electron chi connectivity index (χ1n) is 4.05. The monoisotopic (exact) mass is 251 g/mol. The van der Waals surface area contributed by atoms with Gasteiger partial charge in [-0.05, 0) is 11.4 Å². The molecule has 0 spiro atoms. The summed E-state index contributed by atoms with van der Waals surface area (Å²) in [7, 11) is 1.16. The predicted molar refractivity (Wildman–Crippen MR) is 54.5 cm³/mol. The van der Waals surface area contributed by atoms with Gasteiger partial charge in [-0.3, -0.25) is 0 Å². The van der Waals surface area contributed by atoms with Crippen LogP contribution >= 0.6 is 11.3 Å². The highest BCUT2D eigenvalue weighted by Gasteiger charge is 2.33. The molecule has 1 N–H and O–H groups in total. The quantitative estimate of drug-likeness (QED) is 0.839. The molecule has 0 aromatic carbocycles. The van der Waals surface area contributed by atoms with E-state index < -0.39 is 17.8 Å². The lowest BCUT2D eigenvalue weighted by Crippen LogP contribution is -2.18. The number of hydrogen-bond acceptors (Lipinski definition) is 4. The summed E-state index contributed by atoms with van der Waals surface area (Å²) >= 11 is 0.965. The molecule has 0 fully saturated rings. The van der Waals surface area contributed by atoms with E-state index >= 15 is 0 Å². The number of rotatable bonds is 3. The first-order valence-corrected chi connectivity index (χ1v) is 4.93. The molecule has 88 valence electrons. The molecule has 3 nitrogen and oxygen atoms in total. The number of esters is 1. The molecule has 1 rings (SSSR count). The van der Waals surface area contributed by atoms with Crippen LogP contribution in [0.4, 0.5) is 18.2 Å². The van der Waals surface area contributed by atoms with E-state index in [0.717, 1.165) is 18.4 Å². The van der Waals surface area contributed by atoms with Crippen molar-refractivity contribution in [3.8, 4) is 0 Å². The van der Waals surface area contributed by atoms with E-state index in [0.29, 0.717) is 0 Å². The lowest BCUT2D eigenvalue weighted by Gasteiger charge is -2.12. The van der Waals surface area contributed by atoms with Gasteiger partial charge in [0.1, 0.15) is 10.7 Å². The molecule has 0 atom stereocenters. The number of anilines is 1. The molecule has 0 radical (unpaired) electrons. The lowest BCUT2D eigenvalue weighted by molar-refractivity contribution is -0.0898. The number of carbonyl (C=O) groups excluding carboxylic acids is 1. The van der Waals surface area contributed by atoms with Crippen LogP contribution in [0.25, 0.3) is 0 Å². The third kappa shape index (κ3) is 2.75. The number of allylic oxidation sites excluding steroid dienone is 1. The fourth-order valence-electron chi connectivity index (χ4n) is 0.885. The van der Waals surface area contributed by atoms with Crippen LogP contribution in [0.15, 0.2) is 23.7 Å².